The number of nitrogens with zero attached hydrogens (tertiary/aromatic N) is 2. The molecule has 3 rings (SSSR count). The predicted molar refractivity (Wildman–Crippen MR) is 104 cm³/mol. The van der Waals surface area contributed by atoms with Crippen LogP contribution in [-0.2, 0) is 6.18 Å². The van der Waals surface area contributed by atoms with Gasteiger partial charge < -0.3 is 15.4 Å². The number of hydrogen-bond acceptors (Lipinski definition) is 5. The van der Waals surface area contributed by atoms with Crippen LogP contribution in [0.15, 0.2) is 66.0 Å². The molecule has 0 spiro atoms. The Morgan fingerprint density at radius 2 is 1.72 bits per heavy atom. The maximum absolute atomic E-state index is 12.7. The molecule has 0 saturated carbocycles. The highest BCUT2D eigenvalue weighted by atomic mass is 32.2. The van der Waals surface area contributed by atoms with Crippen molar-refractivity contribution in [2.45, 2.75) is 11.2 Å². The molecule has 29 heavy (non-hydrogen) atoms. The summed E-state index contributed by atoms with van der Waals surface area (Å²) in [4.78, 5) is 20.1. The number of alkyl halides is 3. The number of thioether (sulfide) groups is 1. The van der Waals surface area contributed by atoms with Crippen LogP contribution in [0.1, 0.15) is 5.56 Å². The summed E-state index contributed by atoms with van der Waals surface area (Å²) < 4.78 is 43.8. The molecule has 6 nitrogen and oxygen atoms in total. The van der Waals surface area contributed by atoms with E-state index in [4.69, 9.17) is 4.74 Å². The molecule has 0 unspecified atom stereocenters. The first-order valence-corrected chi connectivity index (χ1v) is 9.45. The molecule has 0 radical (unpaired) electrons. The van der Waals surface area contributed by atoms with Crippen molar-refractivity contribution in [3.8, 4) is 11.6 Å². The molecule has 0 bridgehead atoms. The van der Waals surface area contributed by atoms with Gasteiger partial charge in [0.25, 0.3) is 0 Å². The summed E-state index contributed by atoms with van der Waals surface area (Å²) >= 11 is 1.46. The van der Waals surface area contributed by atoms with E-state index in [-0.39, 0.29) is 5.69 Å². The molecule has 10 heteroatoms. The largest absolute Gasteiger partial charge is 0.439 e. The molecule has 0 fully saturated rings. The number of aromatic nitrogens is 2. The quantitative estimate of drug-likeness (QED) is 0.412. The standard InChI is InChI=1S/C19H15F3N4O2S/c1-29-17-10-16(23-11-24-17)28-15-7-5-13(6-8-15)25-18(27)26-14-4-2-3-12(9-14)19(20,21)22/h2-11H,1H3,(H2,25,26,27). The fourth-order valence-electron chi connectivity index (χ4n) is 2.28. The second-order valence-corrected chi connectivity index (χ2v) is 6.51. The van der Waals surface area contributed by atoms with Crippen LogP contribution in [0.5, 0.6) is 11.6 Å². The Balaban J connectivity index is 1.60. The number of anilines is 2. The first kappa shape index (κ1) is 20.5. The van der Waals surface area contributed by atoms with E-state index in [1.165, 1.54) is 30.2 Å². The minimum Gasteiger partial charge on any atom is -0.439 e. The zero-order valence-corrected chi connectivity index (χ0v) is 15.8. The summed E-state index contributed by atoms with van der Waals surface area (Å²) in [7, 11) is 0. The van der Waals surface area contributed by atoms with Gasteiger partial charge in [0.15, 0.2) is 0 Å². The molecule has 2 aromatic carbocycles. The third kappa shape index (κ3) is 5.85. The third-order valence-corrected chi connectivity index (χ3v) is 4.25. The molecule has 1 aromatic heterocycles. The summed E-state index contributed by atoms with van der Waals surface area (Å²) in [5.74, 6) is 0.881. The Hall–Kier alpha value is -3.27. The summed E-state index contributed by atoms with van der Waals surface area (Å²) in [5.41, 5.74) is -0.369. The van der Waals surface area contributed by atoms with Crippen LogP contribution in [0.3, 0.4) is 0 Å². The van der Waals surface area contributed by atoms with Gasteiger partial charge in [-0.1, -0.05) is 6.07 Å². The molecule has 0 saturated heterocycles. The molecular formula is C19H15F3N4O2S. The van der Waals surface area contributed by atoms with Gasteiger partial charge in [0, 0.05) is 17.4 Å². The molecule has 150 valence electrons. The molecule has 0 atom stereocenters. The van der Waals surface area contributed by atoms with Crippen molar-refractivity contribution in [3.05, 3.63) is 66.5 Å². The third-order valence-electron chi connectivity index (χ3n) is 3.61. The Morgan fingerprint density at radius 1 is 1.00 bits per heavy atom. The van der Waals surface area contributed by atoms with E-state index in [2.05, 4.69) is 20.6 Å². The maximum Gasteiger partial charge on any atom is 0.416 e. The van der Waals surface area contributed by atoms with E-state index < -0.39 is 17.8 Å². The summed E-state index contributed by atoms with van der Waals surface area (Å²) in [6.07, 6.45) is -1.20. The van der Waals surface area contributed by atoms with Crippen LogP contribution < -0.4 is 15.4 Å². The highest BCUT2D eigenvalue weighted by Gasteiger charge is 2.30. The van der Waals surface area contributed by atoms with Crippen molar-refractivity contribution in [3.63, 3.8) is 0 Å². The van der Waals surface area contributed by atoms with Gasteiger partial charge in [0.2, 0.25) is 5.88 Å². The number of urea groups is 1. The van der Waals surface area contributed by atoms with Gasteiger partial charge in [0.05, 0.1) is 5.56 Å². The van der Waals surface area contributed by atoms with E-state index in [1.807, 2.05) is 6.26 Å². The smallest absolute Gasteiger partial charge is 0.416 e. The number of halogens is 3. The van der Waals surface area contributed by atoms with Crippen LogP contribution in [0.4, 0.5) is 29.3 Å². The number of rotatable bonds is 5. The summed E-state index contributed by atoms with van der Waals surface area (Å²) in [5, 5.41) is 5.68. The highest BCUT2D eigenvalue weighted by molar-refractivity contribution is 7.98. The van der Waals surface area contributed by atoms with Crippen LogP contribution in [-0.4, -0.2) is 22.3 Å². The molecule has 3 aromatic rings. The monoisotopic (exact) mass is 420 g/mol. The van der Waals surface area contributed by atoms with E-state index >= 15 is 0 Å². The van der Waals surface area contributed by atoms with Gasteiger partial charge in [-0.15, -0.1) is 11.8 Å². The van der Waals surface area contributed by atoms with Gasteiger partial charge in [-0.05, 0) is 48.7 Å². The van der Waals surface area contributed by atoms with E-state index in [9.17, 15) is 18.0 Å². The number of nitrogens with one attached hydrogen (secondary N) is 2. The summed E-state index contributed by atoms with van der Waals surface area (Å²) in [6, 6.07) is 11.9. The fraction of sp³-hybridized carbons (Fsp3) is 0.105. The van der Waals surface area contributed by atoms with E-state index in [1.54, 1.807) is 30.3 Å². The predicted octanol–water partition coefficient (Wildman–Crippen LogP) is 5.65. The minimum absolute atomic E-state index is 0.0330. The number of carbonyl (C=O) groups excluding carboxylic acids is 1. The molecule has 0 aliphatic carbocycles. The number of ether oxygens (including phenoxy) is 1. The van der Waals surface area contributed by atoms with Gasteiger partial charge in [0.1, 0.15) is 17.1 Å². The number of hydrogen-bond donors (Lipinski definition) is 2. The highest BCUT2D eigenvalue weighted by Crippen LogP contribution is 2.30. The van der Waals surface area contributed by atoms with Crippen molar-refractivity contribution >= 4 is 29.2 Å². The van der Waals surface area contributed by atoms with Crippen LogP contribution in [0.25, 0.3) is 0 Å². The molecule has 0 aliphatic heterocycles. The lowest BCUT2D eigenvalue weighted by molar-refractivity contribution is -0.137. The van der Waals surface area contributed by atoms with E-state index in [0.29, 0.717) is 17.3 Å². The van der Waals surface area contributed by atoms with Crippen molar-refractivity contribution in [2.24, 2.45) is 0 Å². The number of amides is 2. The van der Waals surface area contributed by atoms with Gasteiger partial charge in [-0.25, -0.2) is 14.8 Å². The Kier molecular flexibility index (Phi) is 6.23. The zero-order valence-electron chi connectivity index (χ0n) is 15.0. The van der Waals surface area contributed by atoms with Gasteiger partial charge in [-0.2, -0.15) is 13.2 Å². The minimum atomic E-state index is -4.48. The molecular weight excluding hydrogens is 405 g/mol. The van der Waals surface area contributed by atoms with Crippen LogP contribution in [0.2, 0.25) is 0 Å². The summed E-state index contributed by atoms with van der Waals surface area (Å²) in [6.45, 7) is 0. The average molecular weight is 420 g/mol. The Morgan fingerprint density at radius 3 is 2.41 bits per heavy atom. The maximum atomic E-state index is 12.7. The normalized spacial score (nSPS) is 11.0. The molecule has 2 N–H and O–H groups in total. The van der Waals surface area contributed by atoms with Crippen molar-refractivity contribution in [1.29, 1.82) is 0 Å². The topological polar surface area (TPSA) is 76.1 Å². The lowest BCUT2D eigenvalue weighted by Crippen LogP contribution is -2.19. The number of benzene rings is 2. The van der Waals surface area contributed by atoms with E-state index in [0.717, 1.165) is 17.2 Å². The molecule has 0 aliphatic rings. The first-order chi connectivity index (χ1) is 13.8. The van der Waals surface area contributed by atoms with Crippen molar-refractivity contribution in [2.75, 3.05) is 16.9 Å². The van der Waals surface area contributed by atoms with Crippen molar-refractivity contribution in [1.82, 2.24) is 9.97 Å². The van der Waals surface area contributed by atoms with Crippen molar-refractivity contribution < 1.29 is 22.7 Å². The fourth-order valence-corrected chi connectivity index (χ4v) is 2.66. The zero-order chi connectivity index (χ0) is 20.9. The Bertz CT molecular complexity index is 997. The average Bonchev–Trinajstić information content (AvgIpc) is 2.69. The van der Waals surface area contributed by atoms with Crippen LogP contribution in [0, 0.1) is 0 Å². The first-order valence-electron chi connectivity index (χ1n) is 8.23. The van der Waals surface area contributed by atoms with Crippen LogP contribution >= 0.6 is 11.8 Å². The molecule has 2 amide bonds. The van der Waals surface area contributed by atoms with Gasteiger partial charge >= 0.3 is 12.2 Å². The van der Waals surface area contributed by atoms with Gasteiger partial charge in [-0.3, -0.25) is 0 Å². The second kappa shape index (κ2) is 8.82. The SMILES string of the molecule is CSc1cc(Oc2ccc(NC(=O)Nc3cccc(C(F)(F)F)c3)cc2)ncn1. The number of carbonyl (C=O) groups is 1. The lowest BCUT2D eigenvalue weighted by atomic mass is 10.2. The lowest BCUT2D eigenvalue weighted by Gasteiger charge is -2.11. The Labute approximate surface area is 168 Å². The second-order valence-electron chi connectivity index (χ2n) is 5.68. The molecule has 1 heterocycles.